The number of phosphoric ester groups is 1. The molecular weight excluding hydrogens is 236 g/mol. The third-order valence-corrected chi connectivity index (χ3v) is 1.72. The summed E-state index contributed by atoms with van der Waals surface area (Å²) in [7, 11) is -4.60. The molecule has 2 N–H and O–H groups in total. The summed E-state index contributed by atoms with van der Waals surface area (Å²) < 4.78 is 14.5. The average Bonchev–Trinajstić information content (AvgIpc) is 2.02. The summed E-state index contributed by atoms with van der Waals surface area (Å²) >= 11 is 0. The molecule has 0 fully saturated rings. The van der Waals surface area contributed by atoms with Gasteiger partial charge in [0.05, 0.1) is 4.92 Å². The number of nitro benzene ring substituents is 1. The van der Waals surface area contributed by atoms with E-state index < -0.39 is 12.7 Å². The fraction of sp³-hybridized carbons (Fsp3) is 0. The van der Waals surface area contributed by atoms with Gasteiger partial charge in [0, 0.05) is 12.1 Å². The van der Waals surface area contributed by atoms with Crippen molar-refractivity contribution in [3.63, 3.8) is 0 Å². The van der Waals surface area contributed by atoms with Crippen molar-refractivity contribution in [1.82, 2.24) is 0 Å². The van der Waals surface area contributed by atoms with Gasteiger partial charge in [0.15, 0.2) is 0 Å². The first-order valence-electron chi connectivity index (χ1n) is 3.38. The molecule has 0 aromatic heterocycles. The minimum Gasteiger partial charge on any atom is -0.404 e. The molecule has 1 aromatic carbocycles. The standard InChI is InChI=1S/C6H6NO6P.Na/c8-7(9)5-1-3-6(4-2-5)13-14(10,11)12;/h1-4H,(H2,10,11,12);/q;+1. The molecule has 0 amide bonds. The maximum Gasteiger partial charge on any atom is 1.00 e. The summed E-state index contributed by atoms with van der Waals surface area (Å²) in [4.78, 5) is 26.4. The van der Waals surface area contributed by atoms with Crippen molar-refractivity contribution in [3.05, 3.63) is 34.4 Å². The van der Waals surface area contributed by atoms with Gasteiger partial charge in [0.2, 0.25) is 0 Å². The molecule has 1 rings (SSSR count). The van der Waals surface area contributed by atoms with E-state index in [2.05, 4.69) is 4.52 Å². The second-order valence-corrected chi connectivity index (χ2v) is 3.50. The summed E-state index contributed by atoms with van der Waals surface area (Å²) in [5.74, 6) is -0.121. The quantitative estimate of drug-likeness (QED) is 0.276. The van der Waals surface area contributed by atoms with Crippen LogP contribution in [0.5, 0.6) is 5.75 Å². The van der Waals surface area contributed by atoms with Gasteiger partial charge in [-0.3, -0.25) is 19.9 Å². The Kier molecular flexibility index (Phi) is 5.44. The van der Waals surface area contributed by atoms with Crippen molar-refractivity contribution in [2.75, 3.05) is 0 Å². The molecule has 0 saturated carbocycles. The van der Waals surface area contributed by atoms with Gasteiger partial charge >= 0.3 is 37.4 Å². The van der Waals surface area contributed by atoms with E-state index in [4.69, 9.17) is 9.79 Å². The largest absolute Gasteiger partial charge is 1.00 e. The van der Waals surface area contributed by atoms with E-state index in [1.807, 2.05) is 0 Å². The Hall–Kier alpha value is -0.430. The third kappa shape index (κ3) is 5.27. The molecule has 0 spiro atoms. The number of benzene rings is 1. The average molecular weight is 242 g/mol. The fourth-order valence-corrected chi connectivity index (χ4v) is 1.16. The van der Waals surface area contributed by atoms with E-state index >= 15 is 0 Å². The van der Waals surface area contributed by atoms with E-state index in [1.165, 1.54) is 0 Å². The predicted octanol–water partition coefficient (Wildman–Crippen LogP) is -1.93. The van der Waals surface area contributed by atoms with Crippen molar-refractivity contribution in [1.29, 1.82) is 0 Å². The van der Waals surface area contributed by atoms with Gasteiger partial charge in [-0.2, -0.15) is 0 Å². The zero-order chi connectivity index (χ0) is 10.8. The van der Waals surface area contributed by atoms with E-state index in [0.717, 1.165) is 24.3 Å². The Labute approximate surface area is 107 Å². The number of non-ortho nitro benzene ring substituents is 1. The molecule has 1 aromatic rings. The second-order valence-electron chi connectivity index (χ2n) is 2.33. The normalized spacial score (nSPS) is 10.3. The first-order chi connectivity index (χ1) is 6.38. The van der Waals surface area contributed by atoms with E-state index in [0.29, 0.717) is 0 Å². The molecule has 0 unspecified atom stereocenters. The molecule has 0 atom stereocenters. The van der Waals surface area contributed by atoms with E-state index in [-0.39, 0.29) is 41.0 Å². The fourth-order valence-electron chi connectivity index (χ4n) is 0.766. The minimum atomic E-state index is -4.60. The molecule has 0 heterocycles. The monoisotopic (exact) mass is 242 g/mol. The summed E-state index contributed by atoms with van der Waals surface area (Å²) in [6.45, 7) is 0. The molecule has 0 aliphatic rings. The summed E-state index contributed by atoms with van der Waals surface area (Å²) in [5.41, 5.74) is -0.178. The molecule has 0 aliphatic heterocycles. The van der Waals surface area contributed by atoms with Crippen LogP contribution in [0.1, 0.15) is 0 Å². The Bertz CT molecular complexity index is 387. The maximum absolute atomic E-state index is 10.4. The number of hydrogen-bond donors (Lipinski definition) is 2. The smallest absolute Gasteiger partial charge is 0.404 e. The van der Waals surface area contributed by atoms with Crippen LogP contribution < -0.4 is 34.1 Å². The predicted molar refractivity (Wildman–Crippen MR) is 45.8 cm³/mol. The molecule has 76 valence electrons. The van der Waals surface area contributed by atoms with Gasteiger partial charge in [-0.05, 0) is 12.1 Å². The van der Waals surface area contributed by atoms with Gasteiger partial charge in [-0.15, -0.1) is 0 Å². The topological polar surface area (TPSA) is 110 Å². The molecule has 0 aliphatic carbocycles. The molecular formula is C6H6NNaO6P+. The zero-order valence-corrected chi connectivity index (χ0v) is 10.6. The molecule has 0 bridgehead atoms. The zero-order valence-electron chi connectivity index (χ0n) is 7.73. The second kappa shape index (κ2) is 5.60. The van der Waals surface area contributed by atoms with Crippen molar-refractivity contribution in [2.45, 2.75) is 0 Å². The van der Waals surface area contributed by atoms with Gasteiger partial charge in [0.25, 0.3) is 5.69 Å². The molecule has 0 saturated heterocycles. The van der Waals surface area contributed by atoms with Crippen LogP contribution in [0.3, 0.4) is 0 Å². The van der Waals surface area contributed by atoms with Crippen molar-refractivity contribution in [3.8, 4) is 5.75 Å². The summed E-state index contributed by atoms with van der Waals surface area (Å²) in [5, 5.41) is 10.2. The van der Waals surface area contributed by atoms with Crippen molar-refractivity contribution in [2.24, 2.45) is 0 Å². The van der Waals surface area contributed by atoms with Crippen LogP contribution in [0.4, 0.5) is 5.69 Å². The summed E-state index contributed by atoms with van der Waals surface area (Å²) in [6.07, 6.45) is 0. The van der Waals surface area contributed by atoms with Crippen molar-refractivity contribution < 1.29 is 53.4 Å². The Morgan fingerprint density at radius 2 is 1.73 bits per heavy atom. The first-order valence-corrected chi connectivity index (χ1v) is 4.91. The van der Waals surface area contributed by atoms with Gasteiger partial charge in [-0.1, -0.05) is 0 Å². The molecule has 7 nitrogen and oxygen atoms in total. The maximum atomic E-state index is 10.4. The SMILES string of the molecule is O=[N+]([O-])c1ccc(OP(=O)(O)O)cc1.[Na+]. The van der Waals surface area contributed by atoms with Gasteiger partial charge < -0.3 is 4.52 Å². The summed E-state index contributed by atoms with van der Waals surface area (Å²) in [6, 6.07) is 4.39. The molecule has 15 heavy (non-hydrogen) atoms. The Morgan fingerprint density at radius 1 is 1.27 bits per heavy atom. The number of rotatable bonds is 3. The minimum absolute atomic E-state index is 0. The van der Waals surface area contributed by atoms with Crippen LogP contribution >= 0.6 is 7.82 Å². The first kappa shape index (κ1) is 14.6. The van der Waals surface area contributed by atoms with Crippen LogP contribution in [0.15, 0.2) is 24.3 Å². The Morgan fingerprint density at radius 3 is 2.07 bits per heavy atom. The molecule has 9 heteroatoms. The van der Waals surface area contributed by atoms with Gasteiger partial charge in [-0.25, -0.2) is 4.57 Å². The van der Waals surface area contributed by atoms with Gasteiger partial charge in [0.1, 0.15) is 5.75 Å². The Balaban J connectivity index is 0.00000196. The third-order valence-electron chi connectivity index (χ3n) is 1.27. The number of phosphoric acid groups is 1. The number of hydrogen-bond acceptors (Lipinski definition) is 4. The van der Waals surface area contributed by atoms with Crippen LogP contribution in [-0.4, -0.2) is 14.7 Å². The van der Waals surface area contributed by atoms with Crippen LogP contribution in [0.25, 0.3) is 0 Å². The van der Waals surface area contributed by atoms with E-state index in [1.54, 1.807) is 0 Å². The van der Waals surface area contributed by atoms with Crippen LogP contribution in [0.2, 0.25) is 0 Å². The number of nitro groups is 1. The van der Waals surface area contributed by atoms with E-state index in [9.17, 15) is 14.7 Å². The molecule has 0 radical (unpaired) electrons. The van der Waals surface area contributed by atoms with Crippen LogP contribution in [0, 0.1) is 10.1 Å². The van der Waals surface area contributed by atoms with Crippen LogP contribution in [-0.2, 0) is 4.57 Å². The van der Waals surface area contributed by atoms with Crippen molar-refractivity contribution >= 4 is 13.5 Å². The number of nitrogens with zero attached hydrogens (tertiary/aromatic N) is 1.